The van der Waals surface area contributed by atoms with E-state index in [1.807, 2.05) is 54.2 Å². The summed E-state index contributed by atoms with van der Waals surface area (Å²) in [5.74, 6) is 0. The Morgan fingerprint density at radius 3 is 2.06 bits per heavy atom. The highest BCUT2D eigenvalue weighted by Gasteiger charge is 2.18. The van der Waals surface area contributed by atoms with Crippen molar-refractivity contribution in [3.8, 4) is 6.07 Å². The van der Waals surface area contributed by atoms with Crippen molar-refractivity contribution < 1.29 is 0 Å². The van der Waals surface area contributed by atoms with Gasteiger partial charge < -0.3 is 0 Å². The number of aryl methyl sites for hydroxylation is 1. The van der Waals surface area contributed by atoms with Crippen molar-refractivity contribution in [2.75, 3.05) is 0 Å². The predicted octanol–water partition coefficient (Wildman–Crippen LogP) is 5.56. The van der Waals surface area contributed by atoms with E-state index in [0.29, 0.717) is 16.6 Å². The lowest BCUT2D eigenvalue weighted by Gasteiger charge is -2.10. The average molecular weight is 460 g/mol. The molecule has 0 amide bonds. The van der Waals surface area contributed by atoms with E-state index in [-0.39, 0.29) is 5.70 Å². The van der Waals surface area contributed by atoms with Gasteiger partial charge in [-0.25, -0.2) is 15.0 Å². The zero-order valence-electron chi connectivity index (χ0n) is 17.3. The van der Waals surface area contributed by atoms with Gasteiger partial charge in [0, 0.05) is 43.2 Å². The quantitative estimate of drug-likeness (QED) is 0.325. The van der Waals surface area contributed by atoms with E-state index in [1.165, 1.54) is 11.3 Å². The van der Waals surface area contributed by atoms with Crippen LogP contribution in [-0.4, -0.2) is 9.97 Å². The molecule has 0 aliphatic heterocycles. The molecular weight excluding hydrogens is 446 g/mol. The number of nitrogens with zero attached hydrogens (tertiary/aromatic N) is 5. The summed E-state index contributed by atoms with van der Waals surface area (Å²) >= 11 is 3.08. The van der Waals surface area contributed by atoms with Gasteiger partial charge in [0.05, 0.1) is 30.6 Å². The number of aromatic nitrogens is 2. The van der Waals surface area contributed by atoms with E-state index in [9.17, 15) is 5.26 Å². The topological polar surface area (TPSA) is 58.3 Å². The predicted molar refractivity (Wildman–Crippen MR) is 133 cm³/mol. The molecule has 7 heteroatoms. The minimum atomic E-state index is 0.0898. The molecule has 4 aromatic heterocycles. The third kappa shape index (κ3) is 3.35. The Balaban J connectivity index is 2.08. The summed E-state index contributed by atoms with van der Waals surface area (Å²) in [5.41, 5.74) is 3.95. The average Bonchev–Trinajstić information content (AvgIpc) is 3.52. The fourth-order valence-electron chi connectivity index (χ4n) is 3.87. The van der Waals surface area contributed by atoms with E-state index in [1.54, 1.807) is 23.6 Å². The first kappa shape index (κ1) is 20.5. The molecule has 4 heterocycles. The molecule has 0 N–H and O–H groups in total. The molecule has 0 atom stereocenters. The van der Waals surface area contributed by atoms with Gasteiger partial charge in [0.15, 0.2) is 0 Å². The van der Waals surface area contributed by atoms with Crippen LogP contribution >= 0.6 is 22.7 Å². The van der Waals surface area contributed by atoms with Crippen LogP contribution in [0.2, 0.25) is 0 Å². The minimum absolute atomic E-state index is 0.0898. The minimum Gasteiger partial charge on any atom is -0.268 e. The molecule has 5 rings (SSSR count). The SMILES string of the molecule is [C-]#[N+]/C(C#N)=c1/c2ccsc2/c(=C(\c2ccc(C)cn2)c2ccc([N+]#[C-])cn2)c2ccsc12. The zero-order chi connectivity index (χ0) is 22.9. The molecule has 0 aliphatic rings. The van der Waals surface area contributed by atoms with Gasteiger partial charge >= 0.3 is 0 Å². The molecule has 0 spiro atoms. The molecule has 0 bridgehead atoms. The van der Waals surface area contributed by atoms with Gasteiger partial charge in [0.1, 0.15) is 0 Å². The number of rotatable bonds is 2. The van der Waals surface area contributed by atoms with E-state index in [2.05, 4.69) is 20.7 Å². The molecule has 154 valence electrons. The molecule has 1 aromatic carbocycles. The number of pyridine rings is 2. The Kier molecular flexibility index (Phi) is 5.17. The van der Waals surface area contributed by atoms with Gasteiger partial charge in [-0.3, -0.25) is 9.97 Å². The van der Waals surface area contributed by atoms with Gasteiger partial charge in [0.25, 0.3) is 5.70 Å². The number of hydrogen-bond donors (Lipinski definition) is 0. The van der Waals surface area contributed by atoms with Crippen LogP contribution in [-0.2, 0) is 0 Å². The number of nitriles is 1. The van der Waals surface area contributed by atoms with Crippen molar-refractivity contribution in [1.82, 2.24) is 9.97 Å². The molecule has 0 saturated carbocycles. The molecule has 5 aromatic rings. The van der Waals surface area contributed by atoms with Crippen molar-refractivity contribution >= 4 is 59.8 Å². The Bertz CT molecular complexity index is 1710. The van der Waals surface area contributed by atoms with Crippen molar-refractivity contribution in [1.29, 1.82) is 5.26 Å². The monoisotopic (exact) mass is 459 g/mol. The highest BCUT2D eigenvalue weighted by atomic mass is 32.1. The maximum atomic E-state index is 9.64. The highest BCUT2D eigenvalue weighted by Crippen LogP contribution is 2.28. The maximum Gasteiger partial charge on any atom is 0.271 e. The van der Waals surface area contributed by atoms with Crippen LogP contribution < -0.4 is 10.4 Å². The molecule has 0 aliphatic carbocycles. The standard InChI is InChI=1S/C26H13N5S2/c1-15-4-6-19(30-13-15)24(20-7-5-16(28-2)14-31-20)23-18-9-11-32-25(18)22(21(12-27)29-3)17-8-10-33-26(17)23/h4-11,13-14H,1H3/b22-21-,24-23+. The lowest BCUT2D eigenvalue weighted by atomic mass is 9.99. The summed E-state index contributed by atoms with van der Waals surface area (Å²) in [7, 11) is 0. The van der Waals surface area contributed by atoms with Crippen LogP contribution in [0.15, 0.2) is 59.6 Å². The fourth-order valence-corrected chi connectivity index (χ4v) is 5.80. The summed E-state index contributed by atoms with van der Waals surface area (Å²) in [6.45, 7) is 16.8. The summed E-state index contributed by atoms with van der Waals surface area (Å²) in [6, 6.07) is 13.7. The van der Waals surface area contributed by atoms with Gasteiger partial charge in [-0.15, -0.1) is 22.7 Å². The number of thiophene rings is 2. The van der Waals surface area contributed by atoms with Gasteiger partial charge in [-0.2, -0.15) is 0 Å². The van der Waals surface area contributed by atoms with Crippen LogP contribution in [0.4, 0.5) is 5.69 Å². The second-order valence-electron chi connectivity index (χ2n) is 7.26. The second kappa shape index (κ2) is 8.30. The lowest BCUT2D eigenvalue weighted by molar-refractivity contribution is 1.20. The van der Waals surface area contributed by atoms with Crippen LogP contribution in [0, 0.1) is 31.4 Å². The first-order chi connectivity index (χ1) is 16.2. The van der Waals surface area contributed by atoms with Crippen molar-refractivity contribution in [2.24, 2.45) is 0 Å². The summed E-state index contributed by atoms with van der Waals surface area (Å²) in [6.07, 6.45) is 3.40. The molecular formula is C26H13N5S2. The first-order valence-corrected chi connectivity index (χ1v) is 11.6. The van der Waals surface area contributed by atoms with Crippen molar-refractivity contribution in [3.63, 3.8) is 0 Å². The van der Waals surface area contributed by atoms with E-state index >= 15 is 0 Å². The summed E-state index contributed by atoms with van der Waals surface area (Å²) in [4.78, 5) is 16.3. The molecule has 0 unspecified atom stereocenters. The molecule has 0 fully saturated rings. The Labute approximate surface area is 197 Å². The van der Waals surface area contributed by atoms with Crippen LogP contribution in [0.25, 0.3) is 41.1 Å². The second-order valence-corrected chi connectivity index (χ2v) is 9.09. The highest BCUT2D eigenvalue weighted by molar-refractivity contribution is 7.18. The molecule has 33 heavy (non-hydrogen) atoms. The molecule has 0 radical (unpaired) electrons. The summed E-state index contributed by atoms with van der Waals surface area (Å²) in [5, 5.41) is 17.1. The normalized spacial score (nSPS) is 12.7. The first-order valence-electron chi connectivity index (χ1n) is 9.85. The number of benzene rings is 1. The van der Waals surface area contributed by atoms with Gasteiger partial charge in [-0.05, 0) is 52.9 Å². The van der Waals surface area contributed by atoms with E-state index < -0.39 is 0 Å². The van der Waals surface area contributed by atoms with Gasteiger partial charge in [0.2, 0.25) is 5.69 Å². The zero-order valence-corrected chi connectivity index (χ0v) is 19.0. The number of fused-ring (bicyclic) bond motifs is 2. The smallest absolute Gasteiger partial charge is 0.268 e. The van der Waals surface area contributed by atoms with Crippen molar-refractivity contribution in [2.45, 2.75) is 6.92 Å². The van der Waals surface area contributed by atoms with Crippen LogP contribution in [0.5, 0.6) is 0 Å². The largest absolute Gasteiger partial charge is 0.271 e. The lowest BCUT2D eigenvalue weighted by Crippen LogP contribution is -2.17. The molecule has 5 nitrogen and oxygen atoms in total. The van der Waals surface area contributed by atoms with Crippen LogP contribution in [0.1, 0.15) is 17.0 Å². The van der Waals surface area contributed by atoms with Crippen molar-refractivity contribution in [3.05, 3.63) is 110 Å². The Morgan fingerprint density at radius 2 is 1.52 bits per heavy atom. The Hall–Kier alpha value is -4.35. The number of hydrogen-bond acceptors (Lipinski definition) is 5. The third-order valence-corrected chi connectivity index (χ3v) is 7.19. The summed E-state index contributed by atoms with van der Waals surface area (Å²) < 4.78 is 1.87. The van der Waals surface area contributed by atoms with Gasteiger partial charge in [-0.1, -0.05) is 12.1 Å². The fraction of sp³-hybridized carbons (Fsp3) is 0.0385. The maximum absolute atomic E-state index is 9.64. The molecule has 0 saturated heterocycles. The Morgan fingerprint density at radius 1 is 0.879 bits per heavy atom. The van der Waals surface area contributed by atoms with Crippen LogP contribution in [0.3, 0.4) is 0 Å². The third-order valence-electron chi connectivity index (χ3n) is 5.33. The van der Waals surface area contributed by atoms with E-state index in [4.69, 9.17) is 18.1 Å². The van der Waals surface area contributed by atoms with E-state index in [0.717, 1.165) is 42.2 Å².